The van der Waals surface area contributed by atoms with Gasteiger partial charge in [-0.2, -0.15) is 0 Å². The summed E-state index contributed by atoms with van der Waals surface area (Å²) in [6, 6.07) is 5.00. The van der Waals surface area contributed by atoms with Crippen LogP contribution >= 0.6 is 11.8 Å². The highest BCUT2D eigenvalue weighted by atomic mass is 32.2. The molecule has 2 aromatic rings. The van der Waals surface area contributed by atoms with Crippen LogP contribution in [0.3, 0.4) is 0 Å². The summed E-state index contributed by atoms with van der Waals surface area (Å²) in [6.07, 6.45) is 5.76. The minimum Gasteiger partial charge on any atom is -0.324 e. The molecule has 0 unspecified atom stereocenters. The minimum atomic E-state index is -0.0317. The fourth-order valence-electron chi connectivity index (χ4n) is 5.08. The Labute approximate surface area is 172 Å². The first-order valence-electron chi connectivity index (χ1n) is 10.6. The maximum atomic E-state index is 12.7. The summed E-state index contributed by atoms with van der Waals surface area (Å²) in [4.78, 5) is 18.5. The number of piperidine rings is 1. The van der Waals surface area contributed by atoms with E-state index in [1.807, 2.05) is 35.2 Å². The average molecular weight is 401 g/mol. The number of likely N-dealkylation sites (N-methyl/N-ethyl adjacent to an activating group) is 1. The molecule has 2 atom stereocenters. The van der Waals surface area contributed by atoms with E-state index in [9.17, 15) is 4.79 Å². The van der Waals surface area contributed by atoms with Gasteiger partial charge in [-0.1, -0.05) is 6.92 Å². The normalized spacial score (nSPS) is 21.6. The third-order valence-corrected chi connectivity index (χ3v) is 7.43. The Balaban J connectivity index is 1.81. The molecular weight excluding hydrogens is 368 g/mol. The van der Waals surface area contributed by atoms with Crippen molar-refractivity contribution in [2.75, 3.05) is 37.9 Å². The van der Waals surface area contributed by atoms with Crippen molar-refractivity contribution in [1.29, 1.82) is 0 Å². The van der Waals surface area contributed by atoms with E-state index < -0.39 is 0 Å². The van der Waals surface area contributed by atoms with E-state index in [-0.39, 0.29) is 6.03 Å². The molecule has 1 aliphatic heterocycles. The molecule has 4 rings (SSSR count). The number of hydrogen-bond donors (Lipinski definition) is 1. The number of likely N-dealkylation sites (tertiary alicyclic amines) is 1. The van der Waals surface area contributed by atoms with Gasteiger partial charge in [0.15, 0.2) is 0 Å². The van der Waals surface area contributed by atoms with E-state index in [1.165, 1.54) is 40.8 Å². The number of aromatic nitrogens is 1. The van der Waals surface area contributed by atoms with Crippen LogP contribution < -0.4 is 5.43 Å². The van der Waals surface area contributed by atoms with E-state index in [2.05, 4.69) is 42.6 Å². The molecule has 2 amide bonds. The summed E-state index contributed by atoms with van der Waals surface area (Å²) in [5.74, 6) is 1.68. The topological polar surface area (TPSA) is 40.5 Å². The predicted molar refractivity (Wildman–Crippen MR) is 118 cm³/mol. The van der Waals surface area contributed by atoms with Gasteiger partial charge in [0.1, 0.15) is 0 Å². The zero-order valence-corrected chi connectivity index (χ0v) is 18.3. The first-order valence-corrected chi connectivity index (χ1v) is 11.6. The Kier molecular flexibility index (Phi) is 5.61. The molecule has 0 radical (unpaired) electrons. The first-order chi connectivity index (χ1) is 13.6. The van der Waals surface area contributed by atoms with E-state index in [1.54, 1.807) is 0 Å². The fraction of sp³-hybridized carbons (Fsp3) is 0.591. The van der Waals surface area contributed by atoms with Crippen molar-refractivity contribution in [2.24, 2.45) is 0 Å². The van der Waals surface area contributed by atoms with E-state index in [0.717, 1.165) is 17.7 Å². The Hall–Kier alpha value is -1.66. The van der Waals surface area contributed by atoms with Gasteiger partial charge in [0, 0.05) is 41.5 Å². The number of amides is 2. The van der Waals surface area contributed by atoms with Crippen molar-refractivity contribution >= 4 is 28.7 Å². The highest BCUT2D eigenvalue weighted by molar-refractivity contribution is 7.99. The van der Waals surface area contributed by atoms with Gasteiger partial charge >= 0.3 is 6.03 Å². The molecule has 0 spiro atoms. The molecule has 0 bridgehead atoms. The number of nitrogens with one attached hydrogen (secondary N) is 1. The zero-order valence-electron chi connectivity index (χ0n) is 17.5. The molecule has 1 aromatic carbocycles. The van der Waals surface area contributed by atoms with Crippen LogP contribution in [0, 0.1) is 0 Å². The second-order valence-corrected chi connectivity index (χ2v) is 9.22. The predicted octanol–water partition coefficient (Wildman–Crippen LogP) is 4.49. The summed E-state index contributed by atoms with van der Waals surface area (Å²) in [5.41, 5.74) is 7.16. The second-order valence-electron chi connectivity index (χ2n) is 7.92. The van der Waals surface area contributed by atoms with Crippen molar-refractivity contribution < 1.29 is 4.79 Å². The van der Waals surface area contributed by atoms with Crippen LogP contribution in [-0.2, 0) is 6.42 Å². The summed E-state index contributed by atoms with van der Waals surface area (Å²) >= 11 is 1.95. The second kappa shape index (κ2) is 7.99. The quantitative estimate of drug-likeness (QED) is 0.752. The largest absolute Gasteiger partial charge is 0.336 e. The number of carbonyl (C=O) groups excluding carboxylic acids is 1. The molecule has 2 heterocycles. The maximum absolute atomic E-state index is 12.7. The van der Waals surface area contributed by atoms with E-state index in [4.69, 9.17) is 0 Å². The minimum absolute atomic E-state index is 0.0317. The summed E-state index contributed by atoms with van der Waals surface area (Å²) < 4.78 is 1.96. The third kappa shape index (κ3) is 3.20. The number of benzene rings is 1. The summed E-state index contributed by atoms with van der Waals surface area (Å²) in [6.45, 7) is 8.87. The van der Waals surface area contributed by atoms with E-state index in [0.29, 0.717) is 25.0 Å². The smallest absolute Gasteiger partial charge is 0.324 e. The van der Waals surface area contributed by atoms with Crippen molar-refractivity contribution in [3.05, 3.63) is 29.5 Å². The van der Waals surface area contributed by atoms with Gasteiger partial charge in [0.25, 0.3) is 0 Å². The van der Waals surface area contributed by atoms with Gasteiger partial charge in [0.05, 0.1) is 5.52 Å². The number of carbonyl (C=O) groups is 1. The standard InChI is InChI=1S/C22H32N4OS/c1-5-25(6-2)22(27)23-26-14-15-13-18-16(9-8-12-24(18)4)21-19(28-7-3)11-10-17(26)20(15)21/h10-11,14,16,18H,5-9,12-13H2,1-4H3,(H,23,27)/t16-,18+/m0/s1. The third-order valence-electron chi connectivity index (χ3n) is 6.47. The maximum Gasteiger partial charge on any atom is 0.336 e. The van der Waals surface area contributed by atoms with Gasteiger partial charge in [-0.05, 0) is 75.7 Å². The summed E-state index contributed by atoms with van der Waals surface area (Å²) in [5, 5.41) is 1.38. The van der Waals surface area contributed by atoms with Crippen LogP contribution in [0.5, 0.6) is 0 Å². The lowest BCUT2D eigenvalue weighted by Crippen LogP contribution is -2.44. The molecule has 1 fully saturated rings. The van der Waals surface area contributed by atoms with Crippen molar-refractivity contribution in [3.8, 4) is 0 Å². The number of hydrogen-bond acceptors (Lipinski definition) is 3. The number of nitrogens with zero attached hydrogens (tertiary/aromatic N) is 3. The average Bonchev–Trinajstić information content (AvgIpc) is 3.03. The molecule has 5 nitrogen and oxygen atoms in total. The van der Waals surface area contributed by atoms with Crippen LogP contribution in [0.25, 0.3) is 10.9 Å². The lowest BCUT2D eigenvalue weighted by atomic mass is 9.75. The molecular formula is C22H32N4OS. The molecule has 1 N–H and O–H groups in total. The van der Waals surface area contributed by atoms with Crippen LogP contribution in [0.15, 0.2) is 23.2 Å². The van der Waals surface area contributed by atoms with Crippen molar-refractivity contribution in [1.82, 2.24) is 14.5 Å². The molecule has 152 valence electrons. The molecule has 1 saturated heterocycles. The fourth-order valence-corrected chi connectivity index (χ4v) is 5.97. The molecule has 2 aliphatic rings. The first kappa shape index (κ1) is 19.6. The molecule has 0 saturated carbocycles. The van der Waals surface area contributed by atoms with Gasteiger partial charge in [0.2, 0.25) is 0 Å². The van der Waals surface area contributed by atoms with Crippen molar-refractivity contribution in [3.63, 3.8) is 0 Å². The van der Waals surface area contributed by atoms with Gasteiger partial charge < -0.3 is 9.80 Å². The van der Waals surface area contributed by atoms with E-state index >= 15 is 0 Å². The number of rotatable bonds is 5. The Morgan fingerprint density at radius 2 is 2.07 bits per heavy atom. The highest BCUT2D eigenvalue weighted by Gasteiger charge is 2.38. The molecule has 28 heavy (non-hydrogen) atoms. The number of thioether (sulfide) groups is 1. The molecule has 6 heteroatoms. The Morgan fingerprint density at radius 1 is 1.29 bits per heavy atom. The monoisotopic (exact) mass is 400 g/mol. The molecule has 1 aromatic heterocycles. The zero-order chi connectivity index (χ0) is 19.8. The molecule has 1 aliphatic carbocycles. The lowest BCUT2D eigenvalue weighted by Gasteiger charge is -2.43. The Bertz CT molecular complexity index is 873. The lowest BCUT2D eigenvalue weighted by molar-refractivity contribution is 0.156. The Morgan fingerprint density at radius 3 is 2.79 bits per heavy atom. The van der Waals surface area contributed by atoms with Gasteiger partial charge in [-0.25, -0.2) is 10.2 Å². The van der Waals surface area contributed by atoms with Crippen LogP contribution in [0.4, 0.5) is 4.79 Å². The van der Waals surface area contributed by atoms with Crippen LogP contribution in [0.1, 0.15) is 50.7 Å². The van der Waals surface area contributed by atoms with Crippen LogP contribution in [-0.4, -0.2) is 59.0 Å². The van der Waals surface area contributed by atoms with Gasteiger partial charge in [-0.15, -0.1) is 11.8 Å². The van der Waals surface area contributed by atoms with Gasteiger partial charge in [-0.3, -0.25) is 4.68 Å². The van der Waals surface area contributed by atoms with Crippen molar-refractivity contribution in [2.45, 2.75) is 56.9 Å². The SMILES string of the molecule is CCSc1ccc2c3c(cn2NC(=O)N(CC)CC)C[C@@H]2[C@H](CCCN2C)c13. The number of fused-ring (bicyclic) bond motifs is 2. The number of urea groups is 1. The summed E-state index contributed by atoms with van der Waals surface area (Å²) in [7, 11) is 2.27. The highest BCUT2D eigenvalue weighted by Crippen LogP contribution is 2.47. The van der Waals surface area contributed by atoms with Crippen LogP contribution in [0.2, 0.25) is 0 Å².